The van der Waals surface area contributed by atoms with E-state index in [1.54, 1.807) is 0 Å². The maximum absolute atomic E-state index is 12.7. The number of nitrogens with zero attached hydrogens (tertiary/aromatic N) is 6. The van der Waals surface area contributed by atoms with Crippen molar-refractivity contribution >= 4 is 38.4 Å². The van der Waals surface area contributed by atoms with E-state index in [9.17, 15) is 38.8 Å². The maximum atomic E-state index is 12.7. The molecule has 42 heavy (non-hydrogen) atoms. The number of nitrogens with two attached hydrogens (primary N) is 2. The standard InChI is InChI=1S/C19H26N8O13P2/c20-11-1-2-26(19(30)25-11)12-3-8(9(38-12)4-36-41(31,32)33)40-42(34,35)37-5-10-14(28)15(29)18(39-10)27-7-24-13-16(21)22-6-23-17(13)27/h1-2,6-10,12,14-15,18,28-29H,3-5H2,(H,34,35)(H2,20,25,30)(H2,21,22,23)(H2,31,32,33)/p-3/t8?,9-,10-,12-,14?,15+,18-/m1/s1. The van der Waals surface area contributed by atoms with Gasteiger partial charge in [-0.2, -0.15) is 4.98 Å². The summed E-state index contributed by atoms with van der Waals surface area (Å²) >= 11 is 0. The van der Waals surface area contributed by atoms with Gasteiger partial charge in [-0.15, -0.1) is 0 Å². The van der Waals surface area contributed by atoms with Crippen LogP contribution >= 0.6 is 15.6 Å². The molecular weight excluding hydrogens is 610 g/mol. The van der Waals surface area contributed by atoms with Crippen molar-refractivity contribution in [3.63, 3.8) is 0 Å². The summed E-state index contributed by atoms with van der Waals surface area (Å²) in [5.41, 5.74) is 10.7. The Morgan fingerprint density at radius 3 is 2.48 bits per heavy atom. The number of phosphoric acid groups is 2. The summed E-state index contributed by atoms with van der Waals surface area (Å²) in [4.78, 5) is 62.3. The number of fused-ring (bicyclic) bond motifs is 1. The Bertz CT molecular complexity index is 1600. The summed E-state index contributed by atoms with van der Waals surface area (Å²) in [7, 11) is -10.8. The van der Waals surface area contributed by atoms with Gasteiger partial charge in [0.05, 0.1) is 33.5 Å². The third kappa shape index (κ3) is 6.52. The first kappa shape index (κ1) is 30.5. The molecule has 0 saturated carbocycles. The number of aliphatic hydroxyl groups is 2. The van der Waals surface area contributed by atoms with Crippen LogP contribution in [0.15, 0.2) is 29.7 Å². The molecule has 23 heteroatoms. The van der Waals surface area contributed by atoms with Crippen LogP contribution in [0.5, 0.6) is 0 Å². The molecule has 5 heterocycles. The summed E-state index contributed by atoms with van der Waals surface area (Å²) in [6.07, 6.45) is -6.75. The Morgan fingerprint density at radius 1 is 1.02 bits per heavy atom. The van der Waals surface area contributed by atoms with Crippen LogP contribution in [0.25, 0.3) is 11.2 Å². The quantitative estimate of drug-likeness (QED) is 0.154. The molecule has 5 rings (SSSR count). The zero-order valence-electron chi connectivity index (χ0n) is 21.1. The van der Waals surface area contributed by atoms with E-state index in [2.05, 4.69) is 24.5 Å². The molecule has 2 aliphatic rings. The third-order valence-electron chi connectivity index (χ3n) is 6.40. The Labute approximate surface area is 234 Å². The van der Waals surface area contributed by atoms with E-state index < -0.39 is 77.5 Å². The molecule has 2 fully saturated rings. The summed E-state index contributed by atoms with van der Waals surface area (Å²) in [5, 5.41) is 21.0. The summed E-state index contributed by atoms with van der Waals surface area (Å²) in [6.45, 7) is -1.76. The Kier molecular flexibility index (Phi) is 8.47. The lowest BCUT2D eigenvalue weighted by Gasteiger charge is -2.32. The lowest BCUT2D eigenvalue weighted by Crippen LogP contribution is -2.35. The predicted molar refractivity (Wildman–Crippen MR) is 129 cm³/mol. The van der Waals surface area contributed by atoms with E-state index in [0.29, 0.717) is 0 Å². The van der Waals surface area contributed by atoms with E-state index in [0.717, 1.165) is 10.9 Å². The molecule has 0 spiro atoms. The van der Waals surface area contributed by atoms with Crippen molar-refractivity contribution < 1.29 is 57.1 Å². The fourth-order valence-corrected chi connectivity index (χ4v) is 5.73. The van der Waals surface area contributed by atoms with E-state index in [4.69, 9.17) is 30.0 Å². The van der Waals surface area contributed by atoms with E-state index in [-0.39, 0.29) is 29.2 Å². The van der Waals surface area contributed by atoms with Crippen LogP contribution in [0.4, 0.5) is 11.6 Å². The number of imidazole rings is 1. The van der Waals surface area contributed by atoms with Gasteiger partial charge in [-0.25, -0.2) is 19.7 Å². The van der Waals surface area contributed by atoms with Gasteiger partial charge in [0.2, 0.25) is 0 Å². The highest BCUT2D eigenvalue weighted by Gasteiger charge is 2.45. The Morgan fingerprint density at radius 2 is 1.76 bits per heavy atom. The zero-order valence-corrected chi connectivity index (χ0v) is 22.9. The molecule has 0 amide bonds. The second kappa shape index (κ2) is 11.6. The molecule has 0 radical (unpaired) electrons. The molecule has 0 aromatic carbocycles. The molecule has 8 atom stereocenters. The van der Waals surface area contributed by atoms with Crippen LogP contribution in [0.1, 0.15) is 18.9 Å². The molecule has 0 bridgehead atoms. The average molecular weight is 633 g/mol. The van der Waals surface area contributed by atoms with Crippen molar-refractivity contribution in [2.45, 2.75) is 49.4 Å². The second-order valence-electron chi connectivity index (χ2n) is 9.17. The van der Waals surface area contributed by atoms with Crippen LogP contribution in [0.2, 0.25) is 0 Å². The van der Waals surface area contributed by atoms with Crippen LogP contribution in [-0.2, 0) is 32.2 Å². The first-order valence-electron chi connectivity index (χ1n) is 12.0. The molecular formula is C19H23N8O13P2-3. The monoisotopic (exact) mass is 633 g/mol. The molecule has 2 saturated heterocycles. The molecule has 3 unspecified atom stereocenters. The van der Waals surface area contributed by atoms with Gasteiger partial charge in [-0.3, -0.25) is 13.7 Å². The fraction of sp³-hybridized carbons (Fsp3) is 0.526. The van der Waals surface area contributed by atoms with Crippen molar-refractivity contribution in [1.29, 1.82) is 0 Å². The SMILES string of the molecule is Nc1ccn([C@H]2CC(OP(=O)([O-])OC[C@H]3O[C@@H](n4cnc5c(N)ncnc54)[C@@H](O)C3O)[C@@H](COP(=O)([O-])[O-])O2)c(=O)n1. The van der Waals surface area contributed by atoms with Crippen LogP contribution < -0.4 is 31.8 Å². The molecule has 6 N–H and O–H groups in total. The molecule has 2 aliphatic heterocycles. The molecule has 230 valence electrons. The molecule has 3 aromatic rings. The number of phosphoric ester groups is 2. The number of aromatic nitrogens is 6. The van der Waals surface area contributed by atoms with Gasteiger partial charge in [0, 0.05) is 12.6 Å². The highest BCUT2D eigenvalue weighted by Crippen LogP contribution is 2.46. The van der Waals surface area contributed by atoms with Crippen molar-refractivity contribution in [2.24, 2.45) is 0 Å². The first-order valence-corrected chi connectivity index (χ1v) is 14.9. The minimum Gasteiger partial charge on any atom is -0.790 e. The number of aliphatic hydroxyl groups excluding tert-OH is 2. The minimum absolute atomic E-state index is 0.0591. The number of hydrogen-bond donors (Lipinski definition) is 4. The first-order chi connectivity index (χ1) is 19.7. The van der Waals surface area contributed by atoms with Crippen molar-refractivity contribution in [3.8, 4) is 0 Å². The van der Waals surface area contributed by atoms with Gasteiger partial charge in [-0.1, -0.05) is 0 Å². The zero-order chi connectivity index (χ0) is 30.4. The van der Waals surface area contributed by atoms with Crippen molar-refractivity contribution in [1.82, 2.24) is 29.1 Å². The lowest BCUT2D eigenvalue weighted by atomic mass is 10.1. The lowest BCUT2D eigenvalue weighted by molar-refractivity contribution is -0.343. The Hall–Kier alpha value is -2.91. The number of anilines is 2. The topological polar surface area (TPSA) is 320 Å². The van der Waals surface area contributed by atoms with Crippen LogP contribution in [0, 0.1) is 0 Å². The van der Waals surface area contributed by atoms with Gasteiger partial charge in [0.15, 0.2) is 17.7 Å². The molecule has 21 nitrogen and oxygen atoms in total. The third-order valence-corrected chi connectivity index (χ3v) is 7.86. The average Bonchev–Trinajstić information content (AvgIpc) is 3.58. The molecule has 3 aromatic heterocycles. The van der Waals surface area contributed by atoms with E-state index in [1.807, 2.05) is 0 Å². The second-order valence-corrected chi connectivity index (χ2v) is 11.7. The van der Waals surface area contributed by atoms with Crippen LogP contribution in [-0.4, -0.2) is 83.0 Å². The van der Waals surface area contributed by atoms with Gasteiger partial charge >= 0.3 is 5.69 Å². The highest BCUT2D eigenvalue weighted by atomic mass is 31.2. The smallest absolute Gasteiger partial charge is 0.351 e. The van der Waals surface area contributed by atoms with Crippen molar-refractivity contribution in [3.05, 3.63) is 35.4 Å². The highest BCUT2D eigenvalue weighted by molar-refractivity contribution is 7.45. The summed E-state index contributed by atoms with van der Waals surface area (Å²) < 4.78 is 51.2. The normalized spacial score (nSPS) is 29.7. The number of hydrogen-bond acceptors (Lipinski definition) is 19. The van der Waals surface area contributed by atoms with Gasteiger partial charge < -0.3 is 64.0 Å². The van der Waals surface area contributed by atoms with Gasteiger partial charge in [0.25, 0.3) is 7.82 Å². The summed E-state index contributed by atoms with van der Waals surface area (Å²) in [5.74, 6) is -0.0378. The molecule has 0 aliphatic carbocycles. The Balaban J connectivity index is 1.26. The number of ether oxygens (including phenoxy) is 2. The van der Waals surface area contributed by atoms with Gasteiger partial charge in [0.1, 0.15) is 48.3 Å². The van der Waals surface area contributed by atoms with Crippen LogP contribution in [0.3, 0.4) is 0 Å². The van der Waals surface area contributed by atoms with E-state index >= 15 is 0 Å². The number of nitrogen functional groups attached to an aromatic ring is 2. The number of rotatable bonds is 10. The fourth-order valence-electron chi connectivity index (χ4n) is 4.46. The predicted octanol–water partition coefficient (Wildman–Crippen LogP) is -4.13. The minimum atomic E-state index is -5.49. The maximum Gasteiger partial charge on any atom is 0.351 e. The van der Waals surface area contributed by atoms with Gasteiger partial charge in [-0.05, 0) is 6.07 Å². The van der Waals surface area contributed by atoms with Crippen molar-refractivity contribution in [2.75, 3.05) is 24.7 Å². The summed E-state index contributed by atoms with van der Waals surface area (Å²) in [6, 6.07) is 1.26. The largest absolute Gasteiger partial charge is 0.790 e. The van der Waals surface area contributed by atoms with E-state index in [1.165, 1.54) is 23.2 Å².